The van der Waals surface area contributed by atoms with Gasteiger partial charge in [-0.2, -0.15) is 0 Å². The molecule has 1 unspecified atom stereocenters. The van der Waals surface area contributed by atoms with Gasteiger partial charge in [-0.1, -0.05) is 30.3 Å². The van der Waals surface area contributed by atoms with Crippen LogP contribution in [-0.2, 0) is 16.1 Å². The van der Waals surface area contributed by atoms with Gasteiger partial charge in [0, 0.05) is 0 Å². The Hall–Kier alpha value is -0.860. The summed E-state index contributed by atoms with van der Waals surface area (Å²) in [6.07, 6.45) is 4.90. The Morgan fingerprint density at radius 1 is 1.20 bits per heavy atom. The maximum Gasteiger partial charge on any atom is 0.110 e. The number of benzene rings is 1. The van der Waals surface area contributed by atoms with Crippen molar-refractivity contribution in [3.8, 4) is 0 Å². The summed E-state index contributed by atoms with van der Waals surface area (Å²) in [5.41, 5.74) is 1.25. The number of rotatable bonds is 3. The maximum absolute atomic E-state index is 5.90. The molecule has 3 rings (SSSR count). The van der Waals surface area contributed by atoms with Gasteiger partial charge in [-0.3, -0.25) is 0 Å². The molecule has 2 fully saturated rings. The molecule has 1 heterocycles. The summed E-state index contributed by atoms with van der Waals surface area (Å²) in [6, 6.07) is 10.3. The zero-order chi connectivity index (χ0) is 10.1. The number of fused-ring (bicyclic) bond motifs is 1. The zero-order valence-corrected chi connectivity index (χ0v) is 8.76. The molecule has 1 saturated heterocycles. The Morgan fingerprint density at radius 2 is 2.07 bits per heavy atom. The average molecular weight is 204 g/mol. The van der Waals surface area contributed by atoms with E-state index in [1.54, 1.807) is 0 Å². The van der Waals surface area contributed by atoms with E-state index >= 15 is 0 Å². The fourth-order valence-electron chi connectivity index (χ4n) is 2.36. The summed E-state index contributed by atoms with van der Waals surface area (Å²) < 4.78 is 11.5. The van der Waals surface area contributed by atoms with Crippen LogP contribution >= 0.6 is 0 Å². The minimum absolute atomic E-state index is 0.337. The third kappa shape index (κ3) is 2.06. The van der Waals surface area contributed by atoms with Crippen molar-refractivity contribution in [2.45, 2.75) is 44.2 Å². The first-order chi connectivity index (χ1) is 7.43. The molecule has 0 spiro atoms. The SMILES string of the molecule is c1ccc(COC2CCC[C@H]3O[C@@H]23)cc1. The average Bonchev–Trinajstić information content (AvgIpc) is 3.07. The van der Waals surface area contributed by atoms with Crippen LogP contribution in [0.25, 0.3) is 0 Å². The molecule has 1 aliphatic carbocycles. The minimum Gasteiger partial charge on any atom is -0.371 e. The molecule has 1 aromatic carbocycles. The standard InChI is InChI=1S/C13H16O2/c1-2-5-10(6-3-1)9-14-11-7-4-8-12-13(11)15-12/h1-3,5-6,11-13H,4,7-9H2/t11?,12-,13+/m1/s1. The molecule has 0 aromatic heterocycles. The van der Waals surface area contributed by atoms with Crippen LogP contribution in [0.15, 0.2) is 30.3 Å². The van der Waals surface area contributed by atoms with Crippen molar-refractivity contribution >= 4 is 0 Å². The molecule has 0 N–H and O–H groups in total. The van der Waals surface area contributed by atoms with Crippen molar-refractivity contribution in [2.24, 2.45) is 0 Å². The van der Waals surface area contributed by atoms with Gasteiger partial charge in [0.2, 0.25) is 0 Å². The molecule has 1 aliphatic heterocycles. The van der Waals surface area contributed by atoms with Crippen molar-refractivity contribution in [1.29, 1.82) is 0 Å². The Balaban J connectivity index is 1.54. The monoisotopic (exact) mass is 204 g/mol. The van der Waals surface area contributed by atoms with E-state index in [1.165, 1.54) is 18.4 Å². The highest BCUT2D eigenvalue weighted by Gasteiger charge is 2.47. The largest absolute Gasteiger partial charge is 0.371 e. The molecule has 2 heteroatoms. The second kappa shape index (κ2) is 3.95. The van der Waals surface area contributed by atoms with E-state index in [0.29, 0.717) is 18.3 Å². The lowest BCUT2D eigenvalue weighted by Crippen LogP contribution is -2.25. The predicted octanol–water partition coefficient (Wildman–Crippen LogP) is 2.52. The van der Waals surface area contributed by atoms with Gasteiger partial charge >= 0.3 is 0 Å². The lowest BCUT2D eigenvalue weighted by molar-refractivity contribution is 0.0135. The summed E-state index contributed by atoms with van der Waals surface area (Å²) >= 11 is 0. The molecule has 3 atom stereocenters. The van der Waals surface area contributed by atoms with Crippen LogP contribution in [0.3, 0.4) is 0 Å². The topological polar surface area (TPSA) is 21.8 Å². The van der Waals surface area contributed by atoms with Crippen molar-refractivity contribution in [2.75, 3.05) is 0 Å². The lowest BCUT2D eigenvalue weighted by atomic mass is 9.98. The number of hydrogen-bond donors (Lipinski definition) is 0. The first-order valence-corrected chi connectivity index (χ1v) is 5.74. The normalized spacial score (nSPS) is 33.5. The summed E-state index contributed by atoms with van der Waals surface area (Å²) in [6.45, 7) is 0.720. The molecule has 2 nitrogen and oxygen atoms in total. The molecule has 2 aliphatic rings. The van der Waals surface area contributed by atoms with Gasteiger partial charge < -0.3 is 9.47 Å². The summed E-state index contributed by atoms with van der Waals surface area (Å²) in [5, 5.41) is 0. The van der Waals surface area contributed by atoms with E-state index < -0.39 is 0 Å². The Morgan fingerprint density at radius 3 is 2.93 bits per heavy atom. The van der Waals surface area contributed by atoms with Gasteiger partial charge in [-0.05, 0) is 24.8 Å². The van der Waals surface area contributed by atoms with Gasteiger partial charge in [0.15, 0.2) is 0 Å². The van der Waals surface area contributed by atoms with Gasteiger partial charge in [0.25, 0.3) is 0 Å². The lowest BCUT2D eigenvalue weighted by Gasteiger charge is -2.18. The van der Waals surface area contributed by atoms with Crippen molar-refractivity contribution < 1.29 is 9.47 Å². The van der Waals surface area contributed by atoms with Crippen LogP contribution < -0.4 is 0 Å². The van der Waals surface area contributed by atoms with Crippen LogP contribution in [0.4, 0.5) is 0 Å². The number of epoxide rings is 1. The smallest absolute Gasteiger partial charge is 0.110 e. The van der Waals surface area contributed by atoms with Crippen LogP contribution in [0.1, 0.15) is 24.8 Å². The highest BCUT2D eigenvalue weighted by atomic mass is 16.6. The van der Waals surface area contributed by atoms with Gasteiger partial charge in [0.1, 0.15) is 6.10 Å². The minimum atomic E-state index is 0.337. The molecule has 1 saturated carbocycles. The molecule has 1 aromatic rings. The Labute approximate surface area is 90.2 Å². The molecule has 0 amide bonds. The van der Waals surface area contributed by atoms with Crippen molar-refractivity contribution in [1.82, 2.24) is 0 Å². The maximum atomic E-state index is 5.90. The first-order valence-electron chi connectivity index (χ1n) is 5.74. The number of ether oxygens (including phenoxy) is 2. The molecule has 0 bridgehead atoms. The van der Waals surface area contributed by atoms with E-state index in [1.807, 2.05) is 6.07 Å². The fourth-order valence-corrected chi connectivity index (χ4v) is 2.36. The van der Waals surface area contributed by atoms with Crippen LogP contribution in [-0.4, -0.2) is 18.3 Å². The molecular weight excluding hydrogens is 188 g/mol. The molecule has 0 radical (unpaired) electrons. The summed E-state index contributed by atoms with van der Waals surface area (Å²) in [4.78, 5) is 0. The zero-order valence-electron chi connectivity index (χ0n) is 8.76. The highest BCUT2D eigenvalue weighted by molar-refractivity contribution is 5.13. The van der Waals surface area contributed by atoms with E-state index in [2.05, 4.69) is 24.3 Å². The van der Waals surface area contributed by atoms with Crippen molar-refractivity contribution in [3.63, 3.8) is 0 Å². The van der Waals surface area contributed by atoms with Gasteiger partial charge in [-0.25, -0.2) is 0 Å². The summed E-state index contributed by atoms with van der Waals surface area (Å²) in [7, 11) is 0. The van der Waals surface area contributed by atoms with E-state index in [0.717, 1.165) is 13.0 Å². The fraction of sp³-hybridized carbons (Fsp3) is 0.538. The van der Waals surface area contributed by atoms with Gasteiger partial charge in [-0.15, -0.1) is 0 Å². The highest BCUT2D eigenvalue weighted by Crippen LogP contribution is 2.38. The second-order valence-corrected chi connectivity index (χ2v) is 4.41. The van der Waals surface area contributed by atoms with Crippen LogP contribution in [0.5, 0.6) is 0 Å². The van der Waals surface area contributed by atoms with Gasteiger partial charge in [0.05, 0.1) is 18.8 Å². The quantitative estimate of drug-likeness (QED) is 0.706. The number of hydrogen-bond acceptors (Lipinski definition) is 2. The van der Waals surface area contributed by atoms with E-state index in [4.69, 9.17) is 9.47 Å². The Kier molecular flexibility index (Phi) is 2.47. The van der Waals surface area contributed by atoms with Crippen LogP contribution in [0.2, 0.25) is 0 Å². The third-order valence-corrected chi connectivity index (χ3v) is 3.27. The van der Waals surface area contributed by atoms with Crippen LogP contribution in [0, 0.1) is 0 Å². The second-order valence-electron chi connectivity index (χ2n) is 4.41. The first kappa shape index (κ1) is 9.37. The van der Waals surface area contributed by atoms with E-state index in [9.17, 15) is 0 Å². The van der Waals surface area contributed by atoms with E-state index in [-0.39, 0.29) is 0 Å². The predicted molar refractivity (Wildman–Crippen MR) is 57.5 cm³/mol. The summed E-state index contributed by atoms with van der Waals surface area (Å²) in [5.74, 6) is 0. The molecule has 15 heavy (non-hydrogen) atoms. The molecular formula is C13H16O2. The Bertz CT molecular complexity index is 323. The van der Waals surface area contributed by atoms with Crippen molar-refractivity contribution in [3.05, 3.63) is 35.9 Å². The third-order valence-electron chi connectivity index (χ3n) is 3.27. The molecule has 80 valence electrons.